The summed E-state index contributed by atoms with van der Waals surface area (Å²) in [5.74, 6) is -1.53. The number of halogens is 2. The number of benzene rings is 3. The standard InChI is InChI=1S/C38H46F2N4O5Si/c1-38(2,3)35(34-23-29(32-24-30(39)15-18-33(32)40)26-42(34)25-27-11-8-7-9-12-27)43(36(45)28-13-16-31(17-14-28)44(47)48)20-10-19-41-37(46)49-21-22-50(4,5)6/h7-9,11-18,23-24,26,35H,10,19-22,25H2,1-6H3,(H,41,46)/t35-/m0/s1. The molecule has 1 heterocycles. The molecule has 1 N–H and O–H groups in total. The Labute approximate surface area is 293 Å². The minimum atomic E-state index is -1.38. The molecule has 3 aromatic carbocycles. The number of ether oxygens (including phenoxy) is 1. The lowest BCUT2D eigenvalue weighted by Gasteiger charge is -2.41. The van der Waals surface area contributed by atoms with Crippen LogP contribution in [0.4, 0.5) is 19.3 Å². The van der Waals surface area contributed by atoms with Gasteiger partial charge in [0.05, 0.1) is 17.6 Å². The highest BCUT2D eigenvalue weighted by molar-refractivity contribution is 6.76. The molecule has 0 bridgehead atoms. The van der Waals surface area contributed by atoms with E-state index in [9.17, 15) is 24.1 Å². The molecule has 266 valence electrons. The third-order valence-electron chi connectivity index (χ3n) is 8.29. The highest BCUT2D eigenvalue weighted by atomic mass is 28.3. The van der Waals surface area contributed by atoms with Gasteiger partial charge in [-0.05, 0) is 59.8 Å². The Morgan fingerprint density at radius 1 is 1.00 bits per heavy atom. The molecule has 2 amide bonds. The van der Waals surface area contributed by atoms with Gasteiger partial charge in [-0.2, -0.15) is 0 Å². The van der Waals surface area contributed by atoms with Gasteiger partial charge in [0.25, 0.3) is 11.6 Å². The number of aromatic nitrogens is 1. The second-order valence-corrected chi connectivity index (χ2v) is 20.3. The van der Waals surface area contributed by atoms with Crippen molar-refractivity contribution in [1.29, 1.82) is 0 Å². The SMILES string of the molecule is CC(C)(C)[C@H](c1cc(-c2cc(F)ccc2F)cn1Cc1ccccc1)N(CCCNC(=O)OCC[Si](C)(C)C)C(=O)c1ccc([N+](=O)[O-])cc1. The molecule has 12 heteroatoms. The van der Waals surface area contributed by atoms with Gasteiger partial charge < -0.3 is 19.5 Å². The third kappa shape index (κ3) is 10.3. The van der Waals surface area contributed by atoms with Crippen LogP contribution < -0.4 is 5.32 Å². The molecule has 50 heavy (non-hydrogen) atoms. The molecule has 1 atom stereocenters. The molecule has 4 rings (SSSR count). The van der Waals surface area contributed by atoms with Gasteiger partial charge in [0.1, 0.15) is 11.6 Å². The molecule has 0 aliphatic heterocycles. The molecule has 0 aliphatic carbocycles. The Kier molecular flexibility index (Phi) is 12.3. The van der Waals surface area contributed by atoms with Crippen molar-refractivity contribution in [3.8, 4) is 11.1 Å². The average molecular weight is 705 g/mol. The molecule has 0 spiro atoms. The van der Waals surface area contributed by atoms with Gasteiger partial charge in [0, 0.05) is 68.4 Å². The first-order valence-electron chi connectivity index (χ1n) is 16.7. The molecular formula is C38H46F2N4O5Si. The van der Waals surface area contributed by atoms with Crippen LogP contribution >= 0.6 is 0 Å². The molecule has 0 aliphatic rings. The number of hydrogen-bond donors (Lipinski definition) is 1. The topological polar surface area (TPSA) is 107 Å². The van der Waals surface area contributed by atoms with Gasteiger partial charge >= 0.3 is 6.09 Å². The highest BCUT2D eigenvalue weighted by Crippen LogP contribution is 2.42. The van der Waals surface area contributed by atoms with Crippen LogP contribution in [0.25, 0.3) is 11.1 Å². The summed E-state index contributed by atoms with van der Waals surface area (Å²) in [7, 11) is -1.38. The van der Waals surface area contributed by atoms with Gasteiger partial charge in [0.2, 0.25) is 0 Å². The number of carbonyl (C=O) groups excluding carboxylic acids is 2. The Hall–Kier alpha value is -4.84. The van der Waals surface area contributed by atoms with Crippen LogP contribution in [0.15, 0.2) is 85.1 Å². The molecule has 0 saturated heterocycles. The van der Waals surface area contributed by atoms with E-state index in [1.807, 2.05) is 55.7 Å². The van der Waals surface area contributed by atoms with Crippen LogP contribution in [0.5, 0.6) is 0 Å². The fourth-order valence-electron chi connectivity index (χ4n) is 5.79. The van der Waals surface area contributed by atoms with Crippen LogP contribution in [0.2, 0.25) is 25.7 Å². The second-order valence-electron chi connectivity index (χ2n) is 14.7. The van der Waals surface area contributed by atoms with Crippen molar-refractivity contribution < 1.29 is 28.0 Å². The molecule has 1 aromatic heterocycles. The molecule has 0 radical (unpaired) electrons. The number of non-ortho nitro benzene ring substituents is 1. The molecule has 0 unspecified atom stereocenters. The lowest BCUT2D eigenvalue weighted by atomic mass is 9.82. The number of hydrogen-bond acceptors (Lipinski definition) is 5. The summed E-state index contributed by atoms with van der Waals surface area (Å²) in [5.41, 5.74) is 1.72. The number of alkyl carbamates (subject to hydrolysis) is 1. The quantitative estimate of drug-likeness (QED) is 0.0610. The number of amides is 2. The maximum atomic E-state index is 15.1. The van der Waals surface area contributed by atoms with Crippen LogP contribution in [-0.2, 0) is 11.3 Å². The van der Waals surface area contributed by atoms with E-state index >= 15 is 4.39 Å². The van der Waals surface area contributed by atoms with E-state index in [-0.39, 0.29) is 35.8 Å². The van der Waals surface area contributed by atoms with Crippen molar-refractivity contribution in [2.24, 2.45) is 5.41 Å². The zero-order valence-electron chi connectivity index (χ0n) is 29.5. The second kappa shape index (κ2) is 16.2. The van der Waals surface area contributed by atoms with Gasteiger partial charge in [-0.3, -0.25) is 14.9 Å². The summed E-state index contributed by atoms with van der Waals surface area (Å²) in [6, 6.07) is 20.5. The summed E-state index contributed by atoms with van der Waals surface area (Å²) in [6.45, 7) is 13.7. The monoisotopic (exact) mass is 704 g/mol. The van der Waals surface area contributed by atoms with E-state index < -0.39 is 42.2 Å². The molecule has 4 aromatic rings. The van der Waals surface area contributed by atoms with Crippen molar-refractivity contribution in [2.75, 3.05) is 19.7 Å². The van der Waals surface area contributed by atoms with Crippen molar-refractivity contribution in [1.82, 2.24) is 14.8 Å². The highest BCUT2D eigenvalue weighted by Gasteiger charge is 2.37. The molecular weight excluding hydrogens is 659 g/mol. The van der Waals surface area contributed by atoms with Gasteiger partial charge in [-0.25, -0.2) is 13.6 Å². The first-order valence-corrected chi connectivity index (χ1v) is 20.4. The lowest BCUT2D eigenvalue weighted by molar-refractivity contribution is -0.384. The zero-order chi connectivity index (χ0) is 36.6. The normalized spacial score (nSPS) is 12.3. The van der Waals surface area contributed by atoms with E-state index in [0.717, 1.165) is 29.8 Å². The minimum Gasteiger partial charge on any atom is -0.450 e. The molecule has 0 fully saturated rings. The number of nitrogens with zero attached hydrogens (tertiary/aromatic N) is 3. The number of carbonyl (C=O) groups is 2. The number of nitro groups is 1. The van der Waals surface area contributed by atoms with Crippen molar-refractivity contribution >= 4 is 25.8 Å². The van der Waals surface area contributed by atoms with Crippen LogP contribution in [0.1, 0.15) is 54.8 Å². The third-order valence-corrected chi connectivity index (χ3v) is 10.00. The smallest absolute Gasteiger partial charge is 0.407 e. The van der Waals surface area contributed by atoms with E-state index in [2.05, 4.69) is 25.0 Å². The van der Waals surface area contributed by atoms with Gasteiger partial charge in [0.15, 0.2) is 0 Å². The summed E-state index contributed by atoms with van der Waals surface area (Å²) < 4.78 is 36.8. The van der Waals surface area contributed by atoms with Gasteiger partial charge in [-0.15, -0.1) is 0 Å². The number of rotatable bonds is 14. The van der Waals surface area contributed by atoms with Crippen molar-refractivity contribution in [3.05, 3.63) is 124 Å². The lowest BCUT2D eigenvalue weighted by Crippen LogP contribution is -2.43. The fourth-order valence-corrected chi connectivity index (χ4v) is 6.51. The summed E-state index contributed by atoms with van der Waals surface area (Å²) >= 11 is 0. The van der Waals surface area contributed by atoms with Crippen molar-refractivity contribution in [3.63, 3.8) is 0 Å². The maximum Gasteiger partial charge on any atom is 0.407 e. The largest absolute Gasteiger partial charge is 0.450 e. The van der Waals surface area contributed by atoms with Crippen LogP contribution in [-0.4, -0.2) is 54.2 Å². The predicted molar refractivity (Wildman–Crippen MR) is 194 cm³/mol. The van der Waals surface area contributed by atoms with Crippen molar-refractivity contribution in [2.45, 2.75) is 65.5 Å². The van der Waals surface area contributed by atoms with Crippen LogP contribution in [0.3, 0.4) is 0 Å². The van der Waals surface area contributed by atoms with E-state index in [4.69, 9.17) is 4.74 Å². The molecule has 0 saturated carbocycles. The Bertz CT molecular complexity index is 1780. The predicted octanol–water partition coefficient (Wildman–Crippen LogP) is 9.07. The first-order chi connectivity index (χ1) is 23.5. The first kappa shape index (κ1) is 38.0. The van der Waals surface area contributed by atoms with Crippen LogP contribution in [0, 0.1) is 27.2 Å². The Balaban J connectivity index is 1.75. The fraction of sp³-hybridized carbons (Fsp3) is 0.368. The Morgan fingerprint density at radius 3 is 2.30 bits per heavy atom. The average Bonchev–Trinajstić information content (AvgIpc) is 3.44. The summed E-state index contributed by atoms with van der Waals surface area (Å²) in [4.78, 5) is 39.4. The zero-order valence-corrected chi connectivity index (χ0v) is 30.5. The van der Waals surface area contributed by atoms with E-state index in [0.29, 0.717) is 30.8 Å². The van der Waals surface area contributed by atoms with E-state index in [1.54, 1.807) is 17.2 Å². The number of nitrogens with one attached hydrogen (secondary N) is 1. The Morgan fingerprint density at radius 2 is 1.68 bits per heavy atom. The van der Waals surface area contributed by atoms with Gasteiger partial charge in [-0.1, -0.05) is 70.7 Å². The number of nitro benzene ring substituents is 1. The molecule has 9 nitrogen and oxygen atoms in total. The maximum absolute atomic E-state index is 15.1. The summed E-state index contributed by atoms with van der Waals surface area (Å²) in [5, 5.41) is 14.1. The summed E-state index contributed by atoms with van der Waals surface area (Å²) in [6.07, 6.45) is 1.62. The van der Waals surface area contributed by atoms with E-state index in [1.165, 1.54) is 24.3 Å². The minimum absolute atomic E-state index is 0.0933.